The summed E-state index contributed by atoms with van der Waals surface area (Å²) in [5, 5.41) is 14.8. The van der Waals surface area contributed by atoms with E-state index in [1.807, 2.05) is 25.1 Å². The number of nitrogens with zero attached hydrogens (tertiary/aromatic N) is 3. The molecule has 1 aliphatic rings. The molecule has 1 amide bonds. The minimum atomic E-state index is -1.71. The third-order valence-corrected chi connectivity index (χ3v) is 4.70. The van der Waals surface area contributed by atoms with Crippen LogP contribution in [0.1, 0.15) is 33.7 Å². The molecule has 0 saturated carbocycles. The van der Waals surface area contributed by atoms with Gasteiger partial charge in [0.1, 0.15) is 0 Å². The van der Waals surface area contributed by atoms with Crippen LogP contribution >= 0.6 is 0 Å². The maximum atomic E-state index is 11.7. The maximum absolute atomic E-state index is 11.7. The van der Waals surface area contributed by atoms with Crippen LogP contribution in [0.15, 0.2) is 24.3 Å². The van der Waals surface area contributed by atoms with Gasteiger partial charge in [0.25, 0.3) is 5.91 Å². The van der Waals surface area contributed by atoms with Crippen LogP contribution < -0.4 is 5.73 Å². The fourth-order valence-electron chi connectivity index (χ4n) is 3.09. The van der Waals surface area contributed by atoms with E-state index in [1.54, 1.807) is 22.9 Å². The van der Waals surface area contributed by atoms with Crippen molar-refractivity contribution in [3.8, 4) is 17.5 Å². The number of hydrogen-bond donors (Lipinski definition) is 2. The zero-order chi connectivity index (χ0) is 21.0. The molecule has 0 unspecified atom stereocenters. The Bertz CT molecular complexity index is 986. The predicted octanol–water partition coefficient (Wildman–Crippen LogP) is 0.277. The highest BCUT2D eigenvalue weighted by Gasteiger charge is 2.25. The SMILES string of the molecule is CN(C)CC[C@@](O)(C#Cc1cccc(-n2nc(C(N)=O)c3c2CCOC3)c1)C=O. The van der Waals surface area contributed by atoms with Gasteiger partial charge in [-0.15, -0.1) is 0 Å². The number of carbonyl (C=O) groups is 2. The minimum Gasteiger partial charge on any atom is -0.376 e. The van der Waals surface area contributed by atoms with E-state index in [2.05, 4.69) is 16.9 Å². The van der Waals surface area contributed by atoms with Crippen LogP contribution in [0.3, 0.4) is 0 Å². The Kier molecular flexibility index (Phi) is 6.13. The number of nitrogens with two attached hydrogens (primary N) is 1. The zero-order valence-corrected chi connectivity index (χ0v) is 16.5. The van der Waals surface area contributed by atoms with E-state index < -0.39 is 11.5 Å². The van der Waals surface area contributed by atoms with Crippen molar-refractivity contribution in [1.29, 1.82) is 0 Å². The van der Waals surface area contributed by atoms with E-state index >= 15 is 0 Å². The third kappa shape index (κ3) is 4.71. The van der Waals surface area contributed by atoms with Gasteiger partial charge in [-0.05, 0) is 32.3 Å². The molecule has 8 nitrogen and oxygen atoms in total. The van der Waals surface area contributed by atoms with Crippen LogP contribution in [0.5, 0.6) is 0 Å². The van der Waals surface area contributed by atoms with Crippen LogP contribution in [-0.4, -0.2) is 64.8 Å². The molecule has 8 heteroatoms. The van der Waals surface area contributed by atoms with Crippen molar-refractivity contribution >= 4 is 12.2 Å². The smallest absolute Gasteiger partial charge is 0.269 e. The summed E-state index contributed by atoms with van der Waals surface area (Å²) in [5.41, 5.74) is 6.88. The van der Waals surface area contributed by atoms with Gasteiger partial charge < -0.3 is 20.5 Å². The predicted molar refractivity (Wildman–Crippen MR) is 107 cm³/mol. The van der Waals surface area contributed by atoms with Crippen LogP contribution in [-0.2, 0) is 22.6 Å². The first-order chi connectivity index (χ1) is 13.8. The fourth-order valence-corrected chi connectivity index (χ4v) is 3.09. The first-order valence-electron chi connectivity index (χ1n) is 9.28. The molecule has 1 aromatic carbocycles. The number of ether oxygens (including phenoxy) is 1. The highest BCUT2D eigenvalue weighted by Crippen LogP contribution is 2.24. The second-order valence-corrected chi connectivity index (χ2v) is 7.25. The van der Waals surface area contributed by atoms with E-state index in [4.69, 9.17) is 10.5 Å². The van der Waals surface area contributed by atoms with Crippen LogP contribution in [0, 0.1) is 11.8 Å². The molecule has 0 radical (unpaired) electrons. The van der Waals surface area contributed by atoms with Gasteiger partial charge in [-0.25, -0.2) is 4.68 Å². The molecule has 0 saturated heterocycles. The monoisotopic (exact) mass is 396 g/mol. The maximum Gasteiger partial charge on any atom is 0.269 e. The van der Waals surface area contributed by atoms with Gasteiger partial charge in [-0.2, -0.15) is 5.10 Å². The van der Waals surface area contributed by atoms with Gasteiger partial charge in [0.15, 0.2) is 17.6 Å². The number of aliphatic hydroxyl groups is 1. The summed E-state index contributed by atoms with van der Waals surface area (Å²) < 4.78 is 7.12. The summed E-state index contributed by atoms with van der Waals surface area (Å²) in [4.78, 5) is 25.0. The zero-order valence-electron chi connectivity index (χ0n) is 16.5. The number of benzene rings is 1. The topological polar surface area (TPSA) is 111 Å². The number of fused-ring (bicyclic) bond motifs is 1. The minimum absolute atomic E-state index is 0.204. The van der Waals surface area contributed by atoms with Crippen molar-refractivity contribution in [1.82, 2.24) is 14.7 Å². The first-order valence-corrected chi connectivity index (χ1v) is 9.28. The quantitative estimate of drug-likeness (QED) is 0.536. The van der Waals surface area contributed by atoms with Gasteiger partial charge in [0, 0.05) is 30.5 Å². The lowest BCUT2D eigenvalue weighted by molar-refractivity contribution is -0.119. The Balaban J connectivity index is 1.94. The molecule has 0 spiro atoms. The Morgan fingerprint density at radius 1 is 1.48 bits per heavy atom. The van der Waals surface area contributed by atoms with Crippen LogP contribution in [0.4, 0.5) is 0 Å². The Morgan fingerprint density at radius 3 is 2.97 bits per heavy atom. The van der Waals surface area contributed by atoms with Crippen LogP contribution in [0.2, 0.25) is 0 Å². The summed E-state index contributed by atoms with van der Waals surface area (Å²) in [7, 11) is 3.72. The molecule has 152 valence electrons. The molecule has 0 fully saturated rings. The van der Waals surface area contributed by atoms with E-state index in [9.17, 15) is 14.7 Å². The lowest BCUT2D eigenvalue weighted by Crippen LogP contribution is -2.33. The molecule has 0 bridgehead atoms. The first kappa shape index (κ1) is 20.7. The van der Waals surface area contributed by atoms with Crippen LogP contribution in [0.25, 0.3) is 5.69 Å². The highest BCUT2D eigenvalue weighted by atomic mass is 16.5. The molecule has 3 rings (SSSR count). The molecule has 1 aliphatic heterocycles. The summed E-state index contributed by atoms with van der Waals surface area (Å²) >= 11 is 0. The summed E-state index contributed by atoms with van der Waals surface area (Å²) in [5.74, 6) is 4.94. The normalized spacial score (nSPS) is 15.2. The second-order valence-electron chi connectivity index (χ2n) is 7.25. The fraction of sp³-hybridized carbons (Fsp3) is 0.381. The average Bonchev–Trinajstić information content (AvgIpc) is 3.11. The van der Waals surface area contributed by atoms with E-state index in [-0.39, 0.29) is 12.1 Å². The molecular formula is C21H24N4O4. The van der Waals surface area contributed by atoms with Crippen molar-refractivity contribution in [2.24, 2.45) is 5.73 Å². The molecule has 1 aromatic heterocycles. The Labute approximate surface area is 169 Å². The van der Waals surface area contributed by atoms with E-state index in [1.165, 1.54) is 0 Å². The Morgan fingerprint density at radius 2 is 2.28 bits per heavy atom. The van der Waals surface area contributed by atoms with E-state index in [0.29, 0.717) is 49.3 Å². The van der Waals surface area contributed by atoms with Gasteiger partial charge in [-0.3, -0.25) is 9.59 Å². The summed E-state index contributed by atoms with van der Waals surface area (Å²) in [6.45, 7) is 1.36. The number of rotatable bonds is 6. The number of hydrogen-bond acceptors (Lipinski definition) is 6. The number of amides is 1. The number of aldehydes is 1. The summed E-state index contributed by atoms with van der Waals surface area (Å²) in [6, 6.07) is 7.21. The third-order valence-electron chi connectivity index (χ3n) is 4.70. The number of carbonyl (C=O) groups excluding carboxylic acids is 2. The number of primary amides is 1. The number of aromatic nitrogens is 2. The molecular weight excluding hydrogens is 372 g/mol. The Hall–Kier alpha value is -2.99. The molecule has 1 atom stereocenters. The van der Waals surface area contributed by atoms with Crippen molar-refractivity contribution in [3.05, 3.63) is 46.8 Å². The summed E-state index contributed by atoms with van der Waals surface area (Å²) in [6.07, 6.45) is 1.29. The molecule has 0 aliphatic carbocycles. The molecule has 29 heavy (non-hydrogen) atoms. The average molecular weight is 396 g/mol. The van der Waals surface area contributed by atoms with E-state index in [0.717, 1.165) is 5.69 Å². The van der Waals surface area contributed by atoms with Crippen molar-refractivity contribution < 1.29 is 19.4 Å². The van der Waals surface area contributed by atoms with Crippen molar-refractivity contribution in [2.45, 2.75) is 25.0 Å². The van der Waals surface area contributed by atoms with Crippen molar-refractivity contribution in [3.63, 3.8) is 0 Å². The van der Waals surface area contributed by atoms with Gasteiger partial charge in [-0.1, -0.05) is 17.9 Å². The lowest BCUT2D eigenvalue weighted by Gasteiger charge is -2.17. The molecule has 2 aromatic rings. The highest BCUT2D eigenvalue weighted by molar-refractivity contribution is 5.92. The van der Waals surface area contributed by atoms with Crippen molar-refractivity contribution in [2.75, 3.05) is 27.2 Å². The second kappa shape index (κ2) is 8.57. The van der Waals surface area contributed by atoms with Gasteiger partial charge in [0.05, 0.1) is 24.6 Å². The lowest BCUT2D eigenvalue weighted by atomic mass is 10.0. The molecule has 3 N–H and O–H groups in total. The largest absolute Gasteiger partial charge is 0.376 e. The van der Waals surface area contributed by atoms with Gasteiger partial charge >= 0.3 is 0 Å². The molecule has 2 heterocycles. The standard InChI is InChI=1S/C21H24N4O4/c1-24(2)10-9-21(28,14-26)8-6-15-4-3-5-16(12-15)25-18-7-11-29-13-17(18)19(23-25)20(22)27/h3-5,12,14,28H,7,9-11,13H2,1-2H3,(H2,22,27)/t21-/m0/s1. The van der Waals surface area contributed by atoms with Gasteiger partial charge in [0.2, 0.25) is 0 Å².